The number of piperazine rings is 1. The van der Waals surface area contributed by atoms with Gasteiger partial charge in [0.2, 0.25) is 0 Å². The standard InChI is InChI=1S/C18H20F2N2OS.2ClH/c19-16-1-2-17(20)15(11-16)12-22-8-6-21(7-9-22)5-3-18(23)14-4-10-24-13-14;;/h1-2,4,10-11,13H,3,5-9,12H2;2*1H. The minimum Gasteiger partial charge on any atom is -0.300 e. The molecule has 1 aliphatic heterocycles. The summed E-state index contributed by atoms with van der Waals surface area (Å²) >= 11 is 1.53. The molecule has 1 fully saturated rings. The molecule has 8 heteroatoms. The number of rotatable bonds is 6. The Morgan fingerprint density at radius 1 is 1.04 bits per heavy atom. The molecule has 2 aromatic rings. The Bertz CT molecular complexity index is 693. The minimum absolute atomic E-state index is 0. The lowest BCUT2D eigenvalue weighted by molar-refractivity contribution is 0.0922. The van der Waals surface area contributed by atoms with E-state index in [9.17, 15) is 13.6 Å². The van der Waals surface area contributed by atoms with Gasteiger partial charge in [0.15, 0.2) is 5.78 Å². The molecule has 0 spiro atoms. The summed E-state index contributed by atoms with van der Waals surface area (Å²) in [6.45, 7) is 4.44. The van der Waals surface area contributed by atoms with Gasteiger partial charge >= 0.3 is 0 Å². The van der Waals surface area contributed by atoms with Gasteiger partial charge in [0.05, 0.1) is 0 Å². The molecule has 1 aliphatic rings. The predicted molar refractivity (Wildman–Crippen MR) is 106 cm³/mol. The molecule has 0 N–H and O–H groups in total. The van der Waals surface area contributed by atoms with Crippen molar-refractivity contribution in [3.8, 4) is 0 Å². The molecule has 1 aromatic carbocycles. The Morgan fingerprint density at radius 2 is 1.73 bits per heavy atom. The highest BCUT2D eigenvalue weighted by Gasteiger charge is 2.19. The van der Waals surface area contributed by atoms with E-state index in [-0.39, 0.29) is 36.4 Å². The third-order valence-electron chi connectivity index (χ3n) is 4.36. The van der Waals surface area contributed by atoms with E-state index in [0.717, 1.165) is 44.4 Å². The van der Waals surface area contributed by atoms with Crippen molar-refractivity contribution in [1.29, 1.82) is 0 Å². The van der Waals surface area contributed by atoms with Crippen LogP contribution in [0.4, 0.5) is 8.78 Å². The van der Waals surface area contributed by atoms with Crippen molar-refractivity contribution in [2.75, 3.05) is 32.7 Å². The summed E-state index contributed by atoms with van der Waals surface area (Å²) in [6, 6.07) is 5.44. The molecule has 26 heavy (non-hydrogen) atoms. The fourth-order valence-corrected chi connectivity index (χ4v) is 3.56. The molecule has 3 nitrogen and oxygen atoms in total. The number of benzene rings is 1. The fraction of sp³-hybridized carbons (Fsp3) is 0.389. The van der Waals surface area contributed by atoms with E-state index in [1.54, 1.807) is 0 Å². The van der Waals surface area contributed by atoms with Crippen LogP contribution in [0.1, 0.15) is 22.3 Å². The Hall–Kier alpha value is -1.05. The van der Waals surface area contributed by atoms with Crippen LogP contribution in [0.2, 0.25) is 0 Å². The Kier molecular flexibility index (Phi) is 9.68. The number of thiophene rings is 1. The van der Waals surface area contributed by atoms with E-state index in [1.807, 2.05) is 16.8 Å². The summed E-state index contributed by atoms with van der Waals surface area (Å²) in [6.07, 6.45) is 0.523. The lowest BCUT2D eigenvalue weighted by Gasteiger charge is -2.34. The third-order valence-corrected chi connectivity index (χ3v) is 5.05. The van der Waals surface area contributed by atoms with Crippen LogP contribution >= 0.6 is 36.2 Å². The molecule has 0 amide bonds. The second kappa shape index (κ2) is 10.9. The van der Waals surface area contributed by atoms with Gasteiger partial charge < -0.3 is 4.90 Å². The number of carbonyl (C=O) groups is 1. The molecular weight excluding hydrogens is 401 g/mol. The summed E-state index contributed by atoms with van der Waals surface area (Å²) in [7, 11) is 0. The highest BCUT2D eigenvalue weighted by atomic mass is 35.5. The molecular formula is C18H22Cl2F2N2OS. The Balaban J connectivity index is 0.00000169. The van der Waals surface area contributed by atoms with Gasteiger partial charge in [-0.1, -0.05) is 0 Å². The van der Waals surface area contributed by atoms with E-state index in [0.29, 0.717) is 18.5 Å². The predicted octanol–water partition coefficient (Wildman–Crippen LogP) is 4.26. The normalized spacial score (nSPS) is 15.2. The molecule has 144 valence electrons. The van der Waals surface area contributed by atoms with Crippen molar-refractivity contribution >= 4 is 41.9 Å². The maximum absolute atomic E-state index is 13.7. The summed E-state index contributed by atoms with van der Waals surface area (Å²) < 4.78 is 26.9. The molecule has 0 radical (unpaired) electrons. The number of ketones is 1. The van der Waals surface area contributed by atoms with Crippen molar-refractivity contribution in [3.05, 3.63) is 57.8 Å². The second-order valence-electron chi connectivity index (χ2n) is 6.04. The van der Waals surface area contributed by atoms with Gasteiger partial charge in [-0.25, -0.2) is 8.78 Å². The van der Waals surface area contributed by atoms with Gasteiger partial charge in [-0.15, -0.1) is 24.8 Å². The molecule has 0 unspecified atom stereocenters. The molecule has 0 atom stereocenters. The first-order valence-electron chi connectivity index (χ1n) is 8.06. The number of hydrogen-bond donors (Lipinski definition) is 0. The topological polar surface area (TPSA) is 23.6 Å². The average Bonchev–Trinajstić information content (AvgIpc) is 3.12. The highest BCUT2D eigenvalue weighted by molar-refractivity contribution is 7.08. The van der Waals surface area contributed by atoms with Crippen LogP contribution in [0.5, 0.6) is 0 Å². The highest BCUT2D eigenvalue weighted by Crippen LogP contribution is 2.15. The van der Waals surface area contributed by atoms with Crippen LogP contribution in [0.25, 0.3) is 0 Å². The zero-order valence-electron chi connectivity index (χ0n) is 14.2. The molecule has 3 rings (SSSR count). The SMILES string of the molecule is Cl.Cl.O=C(CCN1CCN(Cc2cc(F)ccc2F)CC1)c1ccsc1. The van der Waals surface area contributed by atoms with Crippen LogP contribution < -0.4 is 0 Å². The van der Waals surface area contributed by atoms with E-state index in [1.165, 1.54) is 23.5 Å². The van der Waals surface area contributed by atoms with E-state index in [4.69, 9.17) is 0 Å². The summed E-state index contributed by atoms with van der Waals surface area (Å²) in [5, 5.41) is 3.80. The van der Waals surface area contributed by atoms with E-state index in [2.05, 4.69) is 9.80 Å². The van der Waals surface area contributed by atoms with Gasteiger partial charge in [-0.05, 0) is 29.6 Å². The van der Waals surface area contributed by atoms with Gasteiger partial charge in [-0.2, -0.15) is 11.3 Å². The van der Waals surface area contributed by atoms with Gasteiger partial charge in [0.25, 0.3) is 0 Å². The summed E-state index contributed by atoms with van der Waals surface area (Å²) in [4.78, 5) is 16.4. The van der Waals surface area contributed by atoms with E-state index >= 15 is 0 Å². The third kappa shape index (κ3) is 6.28. The van der Waals surface area contributed by atoms with Gasteiger partial charge in [0.1, 0.15) is 11.6 Å². The Labute approximate surface area is 168 Å². The molecule has 0 aliphatic carbocycles. The van der Waals surface area contributed by atoms with Crippen molar-refractivity contribution in [2.45, 2.75) is 13.0 Å². The summed E-state index contributed by atoms with van der Waals surface area (Å²) in [5.41, 5.74) is 1.19. The smallest absolute Gasteiger partial charge is 0.164 e. The molecule has 0 saturated carbocycles. The van der Waals surface area contributed by atoms with Crippen LogP contribution in [-0.2, 0) is 6.54 Å². The Morgan fingerprint density at radius 3 is 2.38 bits per heavy atom. The van der Waals surface area contributed by atoms with Crippen LogP contribution in [0.3, 0.4) is 0 Å². The van der Waals surface area contributed by atoms with Gasteiger partial charge in [0, 0.05) is 62.2 Å². The van der Waals surface area contributed by atoms with Crippen molar-refractivity contribution in [2.24, 2.45) is 0 Å². The van der Waals surface area contributed by atoms with Crippen LogP contribution in [-0.4, -0.2) is 48.3 Å². The number of hydrogen-bond acceptors (Lipinski definition) is 4. The number of nitrogens with zero attached hydrogens (tertiary/aromatic N) is 2. The average molecular weight is 423 g/mol. The molecule has 2 heterocycles. The van der Waals surface area contributed by atoms with Crippen molar-refractivity contribution < 1.29 is 13.6 Å². The maximum atomic E-state index is 13.7. The maximum Gasteiger partial charge on any atom is 0.164 e. The monoisotopic (exact) mass is 422 g/mol. The number of Topliss-reactive ketones (excluding diaryl/α,β-unsaturated/α-hetero) is 1. The van der Waals surface area contributed by atoms with Crippen molar-refractivity contribution in [1.82, 2.24) is 9.80 Å². The molecule has 0 bridgehead atoms. The molecule has 1 saturated heterocycles. The summed E-state index contributed by atoms with van der Waals surface area (Å²) in [5.74, 6) is -0.585. The quantitative estimate of drug-likeness (QED) is 0.649. The zero-order chi connectivity index (χ0) is 16.9. The number of carbonyl (C=O) groups excluding carboxylic acids is 1. The fourth-order valence-electron chi connectivity index (χ4n) is 2.90. The first-order valence-corrected chi connectivity index (χ1v) is 9.00. The lowest BCUT2D eigenvalue weighted by atomic mass is 10.1. The van der Waals surface area contributed by atoms with E-state index < -0.39 is 5.82 Å². The first kappa shape index (κ1) is 23.0. The number of halogens is 4. The lowest BCUT2D eigenvalue weighted by Crippen LogP contribution is -2.46. The minimum atomic E-state index is -0.406. The zero-order valence-corrected chi connectivity index (χ0v) is 16.6. The van der Waals surface area contributed by atoms with Crippen LogP contribution in [0, 0.1) is 11.6 Å². The van der Waals surface area contributed by atoms with Crippen molar-refractivity contribution in [3.63, 3.8) is 0 Å². The second-order valence-corrected chi connectivity index (χ2v) is 6.82. The molecule has 1 aromatic heterocycles. The van der Waals surface area contributed by atoms with Gasteiger partial charge in [-0.3, -0.25) is 9.69 Å². The largest absolute Gasteiger partial charge is 0.300 e. The first-order chi connectivity index (χ1) is 11.6. The van der Waals surface area contributed by atoms with Crippen LogP contribution in [0.15, 0.2) is 35.0 Å².